The second-order valence-electron chi connectivity index (χ2n) is 6.49. The van der Waals surface area contributed by atoms with Crippen molar-refractivity contribution in [3.05, 3.63) is 23.5 Å². The third kappa shape index (κ3) is 4.23. The summed E-state index contributed by atoms with van der Waals surface area (Å²) in [7, 11) is 0. The highest BCUT2D eigenvalue weighted by Gasteiger charge is 2.21. The second kappa shape index (κ2) is 7.31. The van der Waals surface area contributed by atoms with Crippen molar-refractivity contribution in [3.8, 4) is 0 Å². The number of nitrogens with one attached hydrogen (secondary N) is 2. The van der Waals surface area contributed by atoms with Gasteiger partial charge in [-0.25, -0.2) is 9.78 Å². The van der Waals surface area contributed by atoms with Gasteiger partial charge in [-0.2, -0.15) is 0 Å². The molecule has 1 aliphatic rings. The van der Waals surface area contributed by atoms with Crippen molar-refractivity contribution in [2.24, 2.45) is 5.92 Å². The standard InChI is InChI=1S/C16H25N5OS/c1-12(2)20-5-3-4-13(10-20)8-17-15(22)18-9-14-11-21-6-7-23-16(21)19-14/h6-7,11-13H,3-5,8-10H2,1-2H3,(H2,17,18,22). The van der Waals surface area contributed by atoms with Crippen molar-refractivity contribution in [2.45, 2.75) is 39.3 Å². The number of thiazole rings is 1. The van der Waals surface area contributed by atoms with Gasteiger partial charge in [0.25, 0.3) is 0 Å². The molecule has 2 amide bonds. The molecule has 2 N–H and O–H groups in total. The molecule has 2 aromatic heterocycles. The van der Waals surface area contributed by atoms with E-state index < -0.39 is 0 Å². The van der Waals surface area contributed by atoms with Crippen molar-refractivity contribution in [2.75, 3.05) is 19.6 Å². The Bertz CT molecular complexity index is 621. The fraction of sp³-hybridized carbons (Fsp3) is 0.625. The van der Waals surface area contributed by atoms with E-state index >= 15 is 0 Å². The van der Waals surface area contributed by atoms with Crippen LogP contribution in [0.25, 0.3) is 4.96 Å². The predicted octanol–water partition coefficient (Wildman–Crippen LogP) is 2.32. The molecule has 0 aromatic carbocycles. The van der Waals surface area contributed by atoms with Gasteiger partial charge in [0.15, 0.2) is 4.96 Å². The molecule has 0 aliphatic carbocycles. The molecule has 3 heterocycles. The van der Waals surface area contributed by atoms with Crippen LogP contribution in [0.3, 0.4) is 0 Å². The lowest BCUT2D eigenvalue weighted by Gasteiger charge is -2.35. The van der Waals surface area contributed by atoms with Crippen LogP contribution >= 0.6 is 11.3 Å². The number of hydrogen-bond acceptors (Lipinski definition) is 4. The Morgan fingerprint density at radius 3 is 3.13 bits per heavy atom. The number of hydrogen-bond donors (Lipinski definition) is 2. The number of carbonyl (C=O) groups is 1. The average molecular weight is 335 g/mol. The van der Waals surface area contributed by atoms with Crippen molar-refractivity contribution < 1.29 is 4.79 Å². The van der Waals surface area contributed by atoms with Crippen LogP contribution in [0.1, 0.15) is 32.4 Å². The normalized spacial score (nSPS) is 19.3. The van der Waals surface area contributed by atoms with Crippen molar-refractivity contribution >= 4 is 22.3 Å². The third-order valence-electron chi connectivity index (χ3n) is 4.41. The first-order valence-corrected chi connectivity index (χ1v) is 9.16. The van der Waals surface area contributed by atoms with Crippen LogP contribution in [0.5, 0.6) is 0 Å². The summed E-state index contributed by atoms with van der Waals surface area (Å²) in [6, 6.07) is 0.476. The Morgan fingerprint density at radius 2 is 2.35 bits per heavy atom. The quantitative estimate of drug-likeness (QED) is 0.881. The first-order chi connectivity index (χ1) is 11.1. The van der Waals surface area contributed by atoms with Crippen LogP contribution in [0.2, 0.25) is 0 Å². The maximum atomic E-state index is 12.0. The summed E-state index contributed by atoms with van der Waals surface area (Å²) in [5, 5.41) is 7.89. The molecule has 2 aromatic rings. The molecule has 1 atom stereocenters. The minimum absolute atomic E-state index is 0.108. The van der Waals surface area contributed by atoms with E-state index in [9.17, 15) is 4.79 Å². The number of imidazole rings is 1. The fourth-order valence-electron chi connectivity index (χ4n) is 3.06. The van der Waals surface area contributed by atoms with Gasteiger partial charge in [0, 0.05) is 36.9 Å². The lowest BCUT2D eigenvalue weighted by atomic mass is 9.97. The lowest BCUT2D eigenvalue weighted by molar-refractivity contribution is 0.139. The van der Waals surface area contributed by atoms with Gasteiger partial charge >= 0.3 is 6.03 Å². The van der Waals surface area contributed by atoms with Gasteiger partial charge in [0.2, 0.25) is 0 Å². The van der Waals surface area contributed by atoms with Crippen LogP contribution in [0.15, 0.2) is 17.8 Å². The molecule has 0 saturated carbocycles. The van der Waals surface area contributed by atoms with Crippen LogP contribution in [0, 0.1) is 5.92 Å². The fourth-order valence-corrected chi connectivity index (χ4v) is 3.78. The first kappa shape index (κ1) is 16.3. The number of carbonyl (C=O) groups excluding carboxylic acids is 1. The molecule has 7 heteroatoms. The number of aromatic nitrogens is 2. The summed E-state index contributed by atoms with van der Waals surface area (Å²) in [6.07, 6.45) is 6.34. The second-order valence-corrected chi connectivity index (χ2v) is 7.36. The molecular formula is C16H25N5OS. The minimum atomic E-state index is -0.108. The SMILES string of the molecule is CC(C)N1CCCC(CNC(=O)NCc2cn3ccsc3n2)C1. The maximum Gasteiger partial charge on any atom is 0.315 e. The van der Waals surface area contributed by atoms with Crippen molar-refractivity contribution in [1.82, 2.24) is 24.9 Å². The molecule has 3 rings (SSSR count). The smallest absolute Gasteiger partial charge is 0.315 e. The predicted molar refractivity (Wildman–Crippen MR) is 92.7 cm³/mol. The summed E-state index contributed by atoms with van der Waals surface area (Å²) in [6.45, 7) is 7.93. The van der Waals surface area contributed by atoms with Gasteiger partial charge in [-0.15, -0.1) is 11.3 Å². The summed E-state index contributed by atoms with van der Waals surface area (Å²) in [5.74, 6) is 0.551. The molecule has 1 unspecified atom stereocenters. The van der Waals surface area contributed by atoms with Gasteiger partial charge in [-0.1, -0.05) is 0 Å². The Balaban J connectivity index is 1.40. The molecule has 126 valence electrons. The van der Waals surface area contributed by atoms with E-state index in [0.717, 1.165) is 23.7 Å². The molecule has 1 aliphatic heterocycles. The zero-order chi connectivity index (χ0) is 16.2. The maximum absolute atomic E-state index is 12.0. The topological polar surface area (TPSA) is 61.7 Å². The highest BCUT2D eigenvalue weighted by molar-refractivity contribution is 7.15. The van der Waals surface area contributed by atoms with E-state index in [1.165, 1.54) is 19.4 Å². The number of fused-ring (bicyclic) bond motifs is 1. The number of likely N-dealkylation sites (tertiary alicyclic amines) is 1. The lowest BCUT2D eigenvalue weighted by Crippen LogP contribution is -2.45. The van der Waals surface area contributed by atoms with Crippen molar-refractivity contribution in [1.29, 1.82) is 0 Å². The minimum Gasteiger partial charge on any atom is -0.338 e. The Kier molecular flexibility index (Phi) is 5.17. The van der Waals surface area contributed by atoms with Gasteiger partial charge in [-0.05, 0) is 39.2 Å². The zero-order valence-corrected chi connectivity index (χ0v) is 14.6. The largest absolute Gasteiger partial charge is 0.338 e. The molecule has 23 heavy (non-hydrogen) atoms. The Morgan fingerprint density at radius 1 is 1.48 bits per heavy atom. The van der Waals surface area contributed by atoms with E-state index in [-0.39, 0.29) is 6.03 Å². The highest BCUT2D eigenvalue weighted by atomic mass is 32.1. The highest BCUT2D eigenvalue weighted by Crippen LogP contribution is 2.17. The zero-order valence-electron chi connectivity index (χ0n) is 13.8. The van der Waals surface area contributed by atoms with Crippen LogP contribution < -0.4 is 10.6 Å². The average Bonchev–Trinajstić information content (AvgIpc) is 3.12. The van der Waals surface area contributed by atoms with E-state index in [2.05, 4.69) is 34.4 Å². The van der Waals surface area contributed by atoms with Gasteiger partial charge in [-0.3, -0.25) is 4.40 Å². The number of amides is 2. The number of piperidine rings is 1. The first-order valence-electron chi connectivity index (χ1n) is 8.28. The molecule has 1 fully saturated rings. The van der Waals surface area contributed by atoms with E-state index in [0.29, 0.717) is 18.5 Å². The summed E-state index contributed by atoms with van der Waals surface area (Å²) in [5.41, 5.74) is 0.885. The van der Waals surface area contributed by atoms with Gasteiger partial charge < -0.3 is 15.5 Å². The Labute approximate surface area is 140 Å². The number of rotatable bonds is 5. The number of nitrogens with zero attached hydrogens (tertiary/aromatic N) is 3. The van der Waals surface area contributed by atoms with Crippen LogP contribution in [-0.2, 0) is 6.54 Å². The number of urea groups is 1. The molecule has 6 nitrogen and oxygen atoms in total. The van der Waals surface area contributed by atoms with Gasteiger partial charge in [0.05, 0.1) is 12.2 Å². The summed E-state index contributed by atoms with van der Waals surface area (Å²) < 4.78 is 1.97. The Hall–Kier alpha value is -1.60. The van der Waals surface area contributed by atoms with E-state index in [1.807, 2.05) is 22.2 Å². The molecule has 1 saturated heterocycles. The van der Waals surface area contributed by atoms with E-state index in [4.69, 9.17) is 0 Å². The molecule has 0 bridgehead atoms. The summed E-state index contributed by atoms with van der Waals surface area (Å²) in [4.78, 5) is 19.9. The van der Waals surface area contributed by atoms with Gasteiger partial charge in [0.1, 0.15) is 0 Å². The molecular weight excluding hydrogens is 310 g/mol. The third-order valence-corrected chi connectivity index (χ3v) is 5.18. The van der Waals surface area contributed by atoms with Crippen LogP contribution in [-0.4, -0.2) is 46.0 Å². The molecule has 0 radical (unpaired) electrons. The summed E-state index contributed by atoms with van der Waals surface area (Å²) >= 11 is 1.59. The monoisotopic (exact) mass is 335 g/mol. The van der Waals surface area contributed by atoms with E-state index in [1.54, 1.807) is 11.3 Å². The van der Waals surface area contributed by atoms with Crippen LogP contribution in [0.4, 0.5) is 4.79 Å². The molecule has 0 spiro atoms. The van der Waals surface area contributed by atoms with Crippen molar-refractivity contribution in [3.63, 3.8) is 0 Å².